The smallest absolute Gasteiger partial charge is 0.268 e. The number of H-pyrrole nitrogens is 1. The fourth-order valence-electron chi connectivity index (χ4n) is 2.52. The molecule has 0 radical (unpaired) electrons. The number of aliphatic hydroxyl groups is 3. The van der Waals surface area contributed by atoms with E-state index >= 15 is 0 Å². The number of nitrogens with zero attached hydrogens (tertiary/aromatic N) is 1. The van der Waals surface area contributed by atoms with Crippen LogP contribution in [0.15, 0.2) is 16.5 Å². The van der Waals surface area contributed by atoms with Gasteiger partial charge in [0.1, 0.15) is 28.6 Å². The third kappa shape index (κ3) is 1.80. The minimum atomic E-state index is -1.56. The molecule has 0 unspecified atom stereocenters. The van der Waals surface area contributed by atoms with Crippen molar-refractivity contribution in [2.24, 2.45) is 0 Å². The standard InChI is InChI=1S/C12H14N2O5S/c1-12(18)9(16)6(2-15)19-10(12)5-3-20-8-7(5)13-4-14-11(8)17/h3-4,6,9-10,15-16,18H,2H2,1H3,(H,13,14,17)/t6-,9-,10+,12-/m1/s1. The van der Waals surface area contributed by atoms with Crippen LogP contribution in [-0.4, -0.2) is 49.7 Å². The number of fused-ring (bicyclic) bond motifs is 1. The van der Waals surface area contributed by atoms with Crippen LogP contribution in [0.25, 0.3) is 10.2 Å². The van der Waals surface area contributed by atoms with Crippen molar-refractivity contribution in [2.45, 2.75) is 30.8 Å². The molecular formula is C12H14N2O5S. The summed E-state index contributed by atoms with van der Waals surface area (Å²) in [6.07, 6.45) is -1.65. The first-order valence-electron chi connectivity index (χ1n) is 6.08. The largest absolute Gasteiger partial charge is 0.394 e. The van der Waals surface area contributed by atoms with Gasteiger partial charge in [-0.15, -0.1) is 11.3 Å². The molecule has 3 heterocycles. The lowest BCUT2D eigenvalue weighted by molar-refractivity contribution is -0.0640. The van der Waals surface area contributed by atoms with Crippen LogP contribution in [0.4, 0.5) is 0 Å². The van der Waals surface area contributed by atoms with E-state index < -0.39 is 30.5 Å². The van der Waals surface area contributed by atoms with Crippen molar-refractivity contribution in [3.8, 4) is 0 Å². The third-order valence-corrected chi connectivity index (χ3v) is 4.63. The van der Waals surface area contributed by atoms with Crippen molar-refractivity contribution >= 4 is 21.6 Å². The van der Waals surface area contributed by atoms with E-state index in [1.807, 2.05) is 0 Å². The molecule has 2 aromatic heterocycles. The molecule has 1 fully saturated rings. The van der Waals surface area contributed by atoms with Gasteiger partial charge in [0, 0.05) is 5.56 Å². The zero-order valence-electron chi connectivity index (χ0n) is 10.6. The Hall–Kier alpha value is -1.32. The Kier molecular flexibility index (Phi) is 3.14. The van der Waals surface area contributed by atoms with E-state index in [0.29, 0.717) is 15.8 Å². The summed E-state index contributed by atoms with van der Waals surface area (Å²) in [5.74, 6) is 0. The summed E-state index contributed by atoms with van der Waals surface area (Å²) in [5, 5.41) is 31.3. The molecule has 108 valence electrons. The van der Waals surface area contributed by atoms with Crippen molar-refractivity contribution in [1.82, 2.24) is 9.97 Å². The van der Waals surface area contributed by atoms with Gasteiger partial charge in [0.05, 0.1) is 18.5 Å². The number of ether oxygens (including phenoxy) is 1. The van der Waals surface area contributed by atoms with E-state index in [9.17, 15) is 20.1 Å². The summed E-state index contributed by atoms with van der Waals surface area (Å²) >= 11 is 1.20. The van der Waals surface area contributed by atoms with Crippen molar-refractivity contribution in [3.05, 3.63) is 27.6 Å². The maximum Gasteiger partial charge on any atom is 0.268 e. The summed E-state index contributed by atoms with van der Waals surface area (Å²) < 4.78 is 5.97. The first-order chi connectivity index (χ1) is 9.46. The highest BCUT2D eigenvalue weighted by molar-refractivity contribution is 7.17. The fraction of sp³-hybridized carbons (Fsp3) is 0.500. The highest BCUT2D eigenvalue weighted by Gasteiger charge is 2.53. The Bertz CT molecular complexity index is 694. The van der Waals surface area contributed by atoms with Crippen molar-refractivity contribution in [1.29, 1.82) is 0 Å². The monoisotopic (exact) mass is 298 g/mol. The molecule has 0 spiro atoms. The minimum Gasteiger partial charge on any atom is -0.394 e. The van der Waals surface area contributed by atoms with E-state index in [1.165, 1.54) is 24.6 Å². The summed E-state index contributed by atoms with van der Waals surface area (Å²) in [6.45, 7) is 1.04. The third-order valence-electron chi connectivity index (χ3n) is 3.64. The van der Waals surface area contributed by atoms with Gasteiger partial charge >= 0.3 is 0 Å². The van der Waals surface area contributed by atoms with Gasteiger partial charge in [-0.2, -0.15) is 0 Å². The first kappa shape index (κ1) is 13.7. The Morgan fingerprint density at radius 1 is 1.60 bits per heavy atom. The van der Waals surface area contributed by atoms with Crippen LogP contribution in [0, 0.1) is 0 Å². The molecule has 0 saturated carbocycles. The molecule has 0 aromatic carbocycles. The second-order valence-electron chi connectivity index (χ2n) is 5.01. The van der Waals surface area contributed by atoms with Gasteiger partial charge in [0.2, 0.25) is 0 Å². The predicted molar refractivity (Wildman–Crippen MR) is 71.6 cm³/mol. The Morgan fingerprint density at radius 2 is 2.35 bits per heavy atom. The van der Waals surface area contributed by atoms with E-state index in [-0.39, 0.29) is 5.56 Å². The summed E-state index contributed by atoms with van der Waals surface area (Å²) in [7, 11) is 0. The number of aromatic nitrogens is 2. The van der Waals surface area contributed by atoms with Crippen molar-refractivity contribution in [2.75, 3.05) is 6.61 Å². The number of nitrogens with one attached hydrogen (secondary N) is 1. The number of aliphatic hydroxyl groups excluding tert-OH is 2. The van der Waals surface area contributed by atoms with Crippen LogP contribution in [-0.2, 0) is 4.74 Å². The van der Waals surface area contributed by atoms with Gasteiger partial charge in [0.25, 0.3) is 5.56 Å². The lowest BCUT2D eigenvalue weighted by Crippen LogP contribution is -2.42. The molecule has 3 rings (SSSR count). The van der Waals surface area contributed by atoms with Crippen LogP contribution in [0.1, 0.15) is 18.6 Å². The van der Waals surface area contributed by atoms with Crippen LogP contribution < -0.4 is 5.56 Å². The molecule has 8 heteroatoms. The molecule has 2 aromatic rings. The number of aromatic amines is 1. The first-order valence-corrected chi connectivity index (χ1v) is 6.96. The summed E-state index contributed by atoms with van der Waals surface area (Å²) in [5.41, 5.74) is -0.847. The molecule has 0 aliphatic carbocycles. The van der Waals surface area contributed by atoms with E-state index in [1.54, 1.807) is 5.38 Å². The average Bonchev–Trinajstić information content (AvgIpc) is 2.92. The highest BCUT2D eigenvalue weighted by atomic mass is 32.1. The SMILES string of the molecule is C[C@@]1(O)[C@H](O)[C@@H](CO)O[C@H]1c1csc2c(=O)[nH]cnc12. The number of hydrogen-bond donors (Lipinski definition) is 4. The normalized spacial score (nSPS) is 33.9. The molecule has 4 atom stereocenters. The van der Waals surface area contributed by atoms with Crippen LogP contribution in [0.2, 0.25) is 0 Å². The van der Waals surface area contributed by atoms with Gasteiger partial charge in [-0.3, -0.25) is 4.79 Å². The maximum atomic E-state index is 11.7. The molecule has 0 bridgehead atoms. The molecular weight excluding hydrogens is 284 g/mol. The van der Waals surface area contributed by atoms with Gasteiger partial charge in [0.15, 0.2) is 0 Å². The molecule has 1 aliphatic rings. The van der Waals surface area contributed by atoms with E-state index in [0.717, 1.165) is 0 Å². The van der Waals surface area contributed by atoms with Crippen LogP contribution >= 0.6 is 11.3 Å². The highest BCUT2D eigenvalue weighted by Crippen LogP contribution is 2.44. The van der Waals surface area contributed by atoms with Gasteiger partial charge in [-0.1, -0.05) is 0 Å². The molecule has 4 N–H and O–H groups in total. The van der Waals surface area contributed by atoms with Gasteiger partial charge in [-0.25, -0.2) is 4.98 Å². The lowest BCUT2D eigenvalue weighted by Gasteiger charge is -2.26. The Balaban J connectivity index is 2.12. The van der Waals surface area contributed by atoms with Crippen LogP contribution in [0.5, 0.6) is 0 Å². The maximum absolute atomic E-state index is 11.7. The zero-order chi connectivity index (χ0) is 14.5. The molecule has 7 nitrogen and oxygen atoms in total. The number of rotatable bonds is 2. The average molecular weight is 298 g/mol. The Labute approximate surface area is 117 Å². The summed E-state index contributed by atoms with van der Waals surface area (Å²) in [6, 6.07) is 0. The van der Waals surface area contributed by atoms with Crippen molar-refractivity contribution < 1.29 is 20.1 Å². The second kappa shape index (κ2) is 4.61. The fourth-order valence-corrected chi connectivity index (χ4v) is 3.44. The van der Waals surface area contributed by atoms with Gasteiger partial charge < -0.3 is 25.0 Å². The number of thiophene rings is 1. The summed E-state index contributed by atoms with van der Waals surface area (Å²) in [4.78, 5) is 18.3. The lowest BCUT2D eigenvalue weighted by atomic mass is 9.89. The minimum absolute atomic E-state index is 0.261. The van der Waals surface area contributed by atoms with Gasteiger partial charge in [-0.05, 0) is 12.3 Å². The topological polar surface area (TPSA) is 116 Å². The Morgan fingerprint density at radius 3 is 3.00 bits per heavy atom. The van der Waals surface area contributed by atoms with E-state index in [4.69, 9.17) is 4.74 Å². The quantitative estimate of drug-likeness (QED) is 0.595. The predicted octanol–water partition coefficient (Wildman–Crippen LogP) is -0.471. The van der Waals surface area contributed by atoms with Crippen LogP contribution in [0.3, 0.4) is 0 Å². The zero-order valence-corrected chi connectivity index (χ0v) is 11.4. The second-order valence-corrected chi connectivity index (χ2v) is 5.89. The molecule has 20 heavy (non-hydrogen) atoms. The molecule has 0 amide bonds. The van der Waals surface area contributed by atoms with Crippen molar-refractivity contribution in [3.63, 3.8) is 0 Å². The number of hydrogen-bond acceptors (Lipinski definition) is 7. The molecule has 1 aliphatic heterocycles. The molecule has 1 saturated heterocycles. The van der Waals surface area contributed by atoms with E-state index in [2.05, 4.69) is 9.97 Å².